The van der Waals surface area contributed by atoms with Gasteiger partial charge in [-0.05, 0) is 43.0 Å². The van der Waals surface area contributed by atoms with Gasteiger partial charge in [0.15, 0.2) is 0 Å². The molecule has 0 radical (unpaired) electrons. The molecule has 2 aromatic heterocycles. The number of rotatable bonds is 6. The molecule has 2 heterocycles. The second kappa shape index (κ2) is 7.90. The summed E-state index contributed by atoms with van der Waals surface area (Å²) in [5.74, 6) is -0.105. The van der Waals surface area contributed by atoms with Crippen LogP contribution in [0.5, 0.6) is 0 Å². The van der Waals surface area contributed by atoms with E-state index in [0.717, 1.165) is 47.1 Å². The van der Waals surface area contributed by atoms with Crippen molar-refractivity contribution < 1.29 is 9.90 Å². The summed E-state index contributed by atoms with van der Waals surface area (Å²) >= 11 is 0. The lowest BCUT2D eigenvalue weighted by Crippen LogP contribution is -2.35. The maximum absolute atomic E-state index is 12.7. The van der Waals surface area contributed by atoms with Crippen LogP contribution in [-0.4, -0.2) is 42.3 Å². The van der Waals surface area contributed by atoms with E-state index in [0.29, 0.717) is 13.1 Å². The number of benzene rings is 1. The number of aromatic nitrogens is 4. The van der Waals surface area contributed by atoms with E-state index < -0.39 is 0 Å². The van der Waals surface area contributed by atoms with Gasteiger partial charge in [0.2, 0.25) is 5.91 Å². The van der Waals surface area contributed by atoms with Crippen molar-refractivity contribution in [1.82, 2.24) is 24.6 Å². The van der Waals surface area contributed by atoms with Gasteiger partial charge in [0.1, 0.15) is 0 Å². The molecule has 0 aliphatic heterocycles. The highest BCUT2D eigenvalue weighted by Gasteiger charge is 2.31. The fourth-order valence-corrected chi connectivity index (χ4v) is 3.97. The first-order valence-corrected chi connectivity index (χ1v) is 9.49. The summed E-state index contributed by atoms with van der Waals surface area (Å²) in [5.41, 5.74) is 4.81. The Morgan fingerprint density at radius 2 is 2.14 bits per heavy atom. The molecule has 3 aromatic rings. The summed E-state index contributed by atoms with van der Waals surface area (Å²) < 4.78 is 1.85. The summed E-state index contributed by atoms with van der Waals surface area (Å²) in [5, 5.41) is 13.7. The van der Waals surface area contributed by atoms with Crippen LogP contribution in [0.3, 0.4) is 0 Å². The highest BCUT2D eigenvalue weighted by atomic mass is 16.3. The number of aliphatic hydroxyl groups is 1. The monoisotopic (exact) mass is 377 g/mol. The van der Waals surface area contributed by atoms with E-state index in [2.05, 4.69) is 21.6 Å². The Morgan fingerprint density at radius 3 is 2.93 bits per heavy atom. The topological polar surface area (TPSA) is 84.1 Å². The number of hydrogen-bond acceptors (Lipinski definition) is 5. The van der Waals surface area contributed by atoms with Crippen molar-refractivity contribution in [2.24, 2.45) is 0 Å². The van der Waals surface area contributed by atoms with Crippen molar-refractivity contribution in [2.45, 2.75) is 38.4 Å². The molecule has 7 nitrogen and oxygen atoms in total. The highest BCUT2D eigenvalue weighted by Crippen LogP contribution is 2.35. The number of nitrogens with zero attached hydrogens (tertiary/aromatic N) is 5. The Bertz CT molecular complexity index is 1010. The molecule has 1 unspecified atom stereocenters. The van der Waals surface area contributed by atoms with E-state index in [4.69, 9.17) is 0 Å². The molecule has 0 saturated heterocycles. The highest BCUT2D eigenvalue weighted by molar-refractivity contribution is 5.87. The van der Waals surface area contributed by atoms with E-state index in [1.807, 2.05) is 34.0 Å². The Balaban J connectivity index is 1.67. The molecular formula is C21H23N5O2. The van der Waals surface area contributed by atoms with Gasteiger partial charge in [0.05, 0.1) is 36.4 Å². The van der Waals surface area contributed by atoms with Crippen molar-refractivity contribution in [3.05, 3.63) is 66.3 Å². The first-order chi connectivity index (χ1) is 13.7. The molecule has 0 saturated carbocycles. The molecule has 144 valence electrons. The quantitative estimate of drug-likeness (QED) is 0.667. The van der Waals surface area contributed by atoms with Gasteiger partial charge in [-0.2, -0.15) is 5.10 Å². The van der Waals surface area contributed by atoms with Crippen molar-refractivity contribution in [3.63, 3.8) is 0 Å². The molecule has 1 aromatic carbocycles. The van der Waals surface area contributed by atoms with Gasteiger partial charge in [-0.3, -0.25) is 19.4 Å². The van der Waals surface area contributed by atoms with E-state index in [9.17, 15) is 9.90 Å². The van der Waals surface area contributed by atoms with Crippen LogP contribution >= 0.6 is 0 Å². The predicted octanol–water partition coefficient (Wildman–Crippen LogP) is 2.41. The van der Waals surface area contributed by atoms with Crippen LogP contribution in [0.2, 0.25) is 0 Å². The smallest absolute Gasteiger partial charge is 0.246 e. The zero-order valence-electron chi connectivity index (χ0n) is 15.7. The third-order valence-electron chi connectivity index (χ3n) is 5.26. The van der Waals surface area contributed by atoms with E-state index in [-0.39, 0.29) is 18.6 Å². The average molecular weight is 377 g/mol. The van der Waals surface area contributed by atoms with Gasteiger partial charge in [0, 0.05) is 30.2 Å². The van der Waals surface area contributed by atoms with E-state index in [1.165, 1.54) is 6.08 Å². The fraction of sp³-hybridized carbons (Fsp3) is 0.333. The van der Waals surface area contributed by atoms with Gasteiger partial charge in [-0.1, -0.05) is 12.6 Å². The van der Waals surface area contributed by atoms with Gasteiger partial charge >= 0.3 is 0 Å². The molecule has 4 rings (SSSR count). The summed E-state index contributed by atoms with van der Waals surface area (Å²) in [6.07, 6.45) is 9.30. The van der Waals surface area contributed by atoms with Crippen LogP contribution in [0.25, 0.3) is 11.0 Å². The molecule has 1 amide bonds. The molecule has 7 heteroatoms. The van der Waals surface area contributed by atoms with Crippen LogP contribution in [-0.2, 0) is 24.3 Å². The van der Waals surface area contributed by atoms with Gasteiger partial charge in [0.25, 0.3) is 0 Å². The second-order valence-corrected chi connectivity index (χ2v) is 6.95. The third kappa shape index (κ3) is 3.41. The van der Waals surface area contributed by atoms with Gasteiger partial charge in [-0.25, -0.2) is 0 Å². The van der Waals surface area contributed by atoms with Crippen molar-refractivity contribution >= 4 is 16.9 Å². The molecule has 0 fully saturated rings. The summed E-state index contributed by atoms with van der Waals surface area (Å²) in [6, 6.07) is 5.84. The van der Waals surface area contributed by atoms with Gasteiger partial charge in [-0.15, -0.1) is 0 Å². The van der Waals surface area contributed by atoms with Gasteiger partial charge < -0.3 is 10.0 Å². The minimum atomic E-state index is -0.105. The number of fused-ring (bicyclic) bond motifs is 2. The van der Waals surface area contributed by atoms with Crippen molar-refractivity contribution in [2.75, 3.05) is 6.61 Å². The number of carbonyl (C=O) groups is 1. The van der Waals surface area contributed by atoms with Crippen LogP contribution in [0.4, 0.5) is 0 Å². The average Bonchev–Trinajstić information content (AvgIpc) is 3.15. The molecule has 1 atom stereocenters. The van der Waals surface area contributed by atoms with E-state index >= 15 is 0 Å². The summed E-state index contributed by atoms with van der Waals surface area (Å²) in [7, 11) is 0. The SMILES string of the molecule is C=CC(=O)N(Cc1ccc2nccnc2c1)C1CCCc2c1cnn2CCO. The molecule has 1 N–H and O–H groups in total. The fourth-order valence-electron chi connectivity index (χ4n) is 3.97. The molecule has 1 aliphatic carbocycles. The number of aliphatic hydroxyl groups excluding tert-OH is 1. The lowest BCUT2D eigenvalue weighted by molar-refractivity contribution is -0.129. The zero-order chi connectivity index (χ0) is 19.5. The number of hydrogen-bond donors (Lipinski definition) is 1. The minimum Gasteiger partial charge on any atom is -0.394 e. The van der Waals surface area contributed by atoms with Crippen LogP contribution in [0, 0.1) is 0 Å². The largest absolute Gasteiger partial charge is 0.394 e. The lowest BCUT2D eigenvalue weighted by Gasteiger charge is -2.34. The Hall–Kier alpha value is -3.06. The number of amides is 1. The Kier molecular flexibility index (Phi) is 5.16. The van der Waals surface area contributed by atoms with Crippen LogP contribution < -0.4 is 0 Å². The molecular weight excluding hydrogens is 354 g/mol. The maximum Gasteiger partial charge on any atom is 0.246 e. The van der Waals surface area contributed by atoms with Crippen molar-refractivity contribution in [1.29, 1.82) is 0 Å². The minimum absolute atomic E-state index is 0.0478. The lowest BCUT2D eigenvalue weighted by atomic mass is 9.91. The maximum atomic E-state index is 12.7. The van der Waals surface area contributed by atoms with E-state index in [1.54, 1.807) is 12.4 Å². The van der Waals surface area contributed by atoms with Crippen molar-refractivity contribution in [3.8, 4) is 0 Å². The summed E-state index contributed by atoms with van der Waals surface area (Å²) in [6.45, 7) is 4.68. The second-order valence-electron chi connectivity index (χ2n) is 6.95. The predicted molar refractivity (Wildman–Crippen MR) is 105 cm³/mol. The zero-order valence-corrected chi connectivity index (χ0v) is 15.7. The Labute approximate surface area is 163 Å². The normalized spacial score (nSPS) is 16.0. The first-order valence-electron chi connectivity index (χ1n) is 9.49. The Morgan fingerprint density at radius 1 is 1.32 bits per heavy atom. The molecule has 0 spiro atoms. The summed E-state index contributed by atoms with van der Waals surface area (Å²) in [4.78, 5) is 23.3. The van der Waals surface area contributed by atoms with Crippen LogP contribution in [0.1, 0.15) is 35.7 Å². The van der Waals surface area contributed by atoms with Crippen LogP contribution in [0.15, 0.2) is 49.4 Å². The third-order valence-corrected chi connectivity index (χ3v) is 5.26. The molecule has 28 heavy (non-hydrogen) atoms. The standard InChI is InChI=1S/C21H23N5O2/c1-2-21(28)25(14-15-6-7-17-18(12-15)23-9-8-22-17)19-4-3-5-20-16(19)13-24-26(20)10-11-27/h2,6-9,12-13,19,27H,1,3-5,10-11,14H2. The first kappa shape index (κ1) is 18.3. The molecule has 0 bridgehead atoms. The number of carbonyl (C=O) groups excluding carboxylic acids is 1. The molecule has 1 aliphatic rings.